The number of piperidine rings is 1. The minimum Gasteiger partial charge on any atom is -0.465 e. The van der Waals surface area contributed by atoms with E-state index in [-0.39, 0.29) is 5.91 Å². The average molecular weight is 346 g/mol. The molecule has 0 bridgehead atoms. The van der Waals surface area contributed by atoms with Crippen LogP contribution in [-0.2, 0) is 17.9 Å². The summed E-state index contributed by atoms with van der Waals surface area (Å²) in [4.78, 5) is 14.4. The summed E-state index contributed by atoms with van der Waals surface area (Å²) in [5, 5.41) is 10.9. The monoisotopic (exact) mass is 346 g/mol. The Hall–Kier alpha value is -2.15. The van der Waals surface area contributed by atoms with Crippen molar-refractivity contribution in [2.24, 2.45) is 5.92 Å². The van der Waals surface area contributed by atoms with E-state index in [1.54, 1.807) is 6.92 Å². The molecule has 2 aromatic heterocycles. The molecule has 0 saturated carbocycles. The number of likely N-dealkylation sites (tertiary alicyclic amines) is 1. The number of carbonyl (C=O) groups excluding carboxylic acids is 1. The van der Waals surface area contributed by atoms with Crippen LogP contribution in [0, 0.1) is 19.8 Å². The highest BCUT2D eigenvalue weighted by Gasteiger charge is 2.22. The molecule has 1 aliphatic heterocycles. The molecule has 1 fully saturated rings. The van der Waals surface area contributed by atoms with Gasteiger partial charge < -0.3 is 14.2 Å². The first-order valence-electron chi connectivity index (χ1n) is 8.92. The molecule has 1 saturated heterocycles. The van der Waals surface area contributed by atoms with Crippen LogP contribution in [0.15, 0.2) is 21.0 Å². The first-order chi connectivity index (χ1) is 12.1. The lowest BCUT2D eigenvalue weighted by Gasteiger charge is -2.31. The molecule has 3 heterocycles. The fourth-order valence-electron chi connectivity index (χ4n) is 3.31. The van der Waals surface area contributed by atoms with Crippen molar-refractivity contribution in [2.45, 2.75) is 52.6 Å². The molecular weight excluding hydrogens is 320 g/mol. The molecule has 0 aromatic carbocycles. The Morgan fingerprint density at radius 2 is 2.20 bits per heavy atom. The standard InChI is InChI=1S/C18H26N4O3/c1-13-5-7-16(24-13)10-19-17(23)8-6-15-4-3-9-22(11-15)12-18-21-20-14(2)25-18/h5,7,15H,3-4,6,8-12H2,1-2H3,(H,19,23). The van der Waals surface area contributed by atoms with E-state index < -0.39 is 0 Å². The maximum Gasteiger partial charge on any atom is 0.230 e. The summed E-state index contributed by atoms with van der Waals surface area (Å²) in [6, 6.07) is 3.80. The van der Waals surface area contributed by atoms with Crippen LogP contribution in [0.3, 0.4) is 0 Å². The zero-order chi connectivity index (χ0) is 17.6. The van der Waals surface area contributed by atoms with Crippen molar-refractivity contribution in [3.8, 4) is 0 Å². The highest BCUT2D eigenvalue weighted by Crippen LogP contribution is 2.22. The van der Waals surface area contributed by atoms with Gasteiger partial charge in [-0.2, -0.15) is 0 Å². The SMILES string of the molecule is Cc1ccc(CNC(=O)CCC2CCCN(Cc3nnc(C)o3)C2)o1. The molecule has 1 unspecified atom stereocenters. The first kappa shape index (κ1) is 17.7. The number of amides is 1. The summed E-state index contributed by atoms with van der Waals surface area (Å²) in [5.41, 5.74) is 0. The highest BCUT2D eigenvalue weighted by molar-refractivity contribution is 5.75. The number of nitrogens with one attached hydrogen (secondary N) is 1. The van der Waals surface area contributed by atoms with E-state index in [0.29, 0.717) is 37.2 Å². The lowest BCUT2D eigenvalue weighted by Crippen LogP contribution is -2.35. The number of furan rings is 1. The lowest BCUT2D eigenvalue weighted by molar-refractivity contribution is -0.121. The third-order valence-electron chi connectivity index (χ3n) is 4.57. The number of rotatable bonds is 7. The molecule has 7 nitrogen and oxygen atoms in total. The molecule has 2 aromatic rings. The first-order valence-corrected chi connectivity index (χ1v) is 8.92. The number of nitrogens with zero attached hydrogens (tertiary/aromatic N) is 3. The molecule has 1 amide bonds. The van der Waals surface area contributed by atoms with E-state index in [1.807, 2.05) is 19.1 Å². The van der Waals surface area contributed by atoms with Crippen LogP contribution in [0.1, 0.15) is 49.0 Å². The van der Waals surface area contributed by atoms with Crippen LogP contribution >= 0.6 is 0 Å². The van der Waals surface area contributed by atoms with Crippen LogP contribution in [0.5, 0.6) is 0 Å². The molecule has 1 aliphatic rings. The van der Waals surface area contributed by atoms with Gasteiger partial charge in [-0.1, -0.05) is 0 Å². The van der Waals surface area contributed by atoms with Crippen LogP contribution < -0.4 is 5.32 Å². The van der Waals surface area contributed by atoms with Gasteiger partial charge in [0, 0.05) is 19.9 Å². The predicted octanol–water partition coefficient (Wildman–Crippen LogP) is 2.59. The van der Waals surface area contributed by atoms with Crippen molar-refractivity contribution >= 4 is 5.91 Å². The van der Waals surface area contributed by atoms with Gasteiger partial charge in [-0.05, 0) is 50.8 Å². The number of aromatic nitrogens is 2. The summed E-state index contributed by atoms with van der Waals surface area (Å²) in [6.45, 7) is 6.88. The maximum atomic E-state index is 12.0. The van der Waals surface area contributed by atoms with Gasteiger partial charge in [0.2, 0.25) is 17.7 Å². The Kier molecular flexibility index (Phi) is 5.86. The number of aryl methyl sites for hydroxylation is 2. The van der Waals surface area contributed by atoms with E-state index in [1.165, 1.54) is 6.42 Å². The average Bonchev–Trinajstić information content (AvgIpc) is 3.19. The number of hydrogen-bond acceptors (Lipinski definition) is 6. The summed E-state index contributed by atoms with van der Waals surface area (Å²) in [5.74, 6) is 3.55. The second-order valence-electron chi connectivity index (χ2n) is 6.79. The van der Waals surface area contributed by atoms with Crippen molar-refractivity contribution < 1.29 is 13.6 Å². The predicted molar refractivity (Wildman–Crippen MR) is 91.6 cm³/mol. The maximum absolute atomic E-state index is 12.0. The third-order valence-corrected chi connectivity index (χ3v) is 4.57. The largest absolute Gasteiger partial charge is 0.465 e. The van der Waals surface area contributed by atoms with Crippen molar-refractivity contribution in [3.05, 3.63) is 35.4 Å². The van der Waals surface area contributed by atoms with E-state index in [0.717, 1.165) is 37.5 Å². The summed E-state index contributed by atoms with van der Waals surface area (Å²) in [7, 11) is 0. The van der Waals surface area contributed by atoms with Gasteiger partial charge in [-0.3, -0.25) is 9.69 Å². The van der Waals surface area contributed by atoms with Crippen molar-refractivity contribution in [1.29, 1.82) is 0 Å². The number of carbonyl (C=O) groups is 1. The van der Waals surface area contributed by atoms with Crippen molar-refractivity contribution in [2.75, 3.05) is 13.1 Å². The molecule has 136 valence electrons. The van der Waals surface area contributed by atoms with Gasteiger partial charge in [-0.25, -0.2) is 0 Å². The molecule has 7 heteroatoms. The Bertz CT molecular complexity index is 694. The molecule has 0 radical (unpaired) electrons. The molecule has 1 atom stereocenters. The van der Waals surface area contributed by atoms with Crippen LogP contribution in [-0.4, -0.2) is 34.1 Å². The van der Waals surface area contributed by atoms with E-state index in [9.17, 15) is 4.79 Å². The van der Waals surface area contributed by atoms with Gasteiger partial charge in [0.05, 0.1) is 13.1 Å². The highest BCUT2D eigenvalue weighted by atomic mass is 16.4. The van der Waals surface area contributed by atoms with Crippen molar-refractivity contribution in [1.82, 2.24) is 20.4 Å². The Balaban J connectivity index is 1.37. The second kappa shape index (κ2) is 8.29. The normalized spacial score (nSPS) is 18.4. The Morgan fingerprint density at radius 1 is 1.32 bits per heavy atom. The van der Waals surface area contributed by atoms with Gasteiger partial charge in [0.25, 0.3) is 0 Å². The minimum atomic E-state index is 0.0821. The molecular formula is C18H26N4O3. The molecule has 0 aliphatic carbocycles. The van der Waals surface area contributed by atoms with E-state index in [2.05, 4.69) is 20.4 Å². The van der Waals surface area contributed by atoms with E-state index >= 15 is 0 Å². The zero-order valence-corrected chi connectivity index (χ0v) is 15.0. The summed E-state index contributed by atoms with van der Waals surface area (Å²) < 4.78 is 10.9. The van der Waals surface area contributed by atoms with Crippen LogP contribution in [0.25, 0.3) is 0 Å². The summed E-state index contributed by atoms with van der Waals surface area (Å²) >= 11 is 0. The molecule has 0 spiro atoms. The van der Waals surface area contributed by atoms with Gasteiger partial charge in [-0.15, -0.1) is 10.2 Å². The van der Waals surface area contributed by atoms with Gasteiger partial charge in [0.1, 0.15) is 11.5 Å². The topological polar surface area (TPSA) is 84.4 Å². The van der Waals surface area contributed by atoms with Crippen molar-refractivity contribution in [3.63, 3.8) is 0 Å². The minimum absolute atomic E-state index is 0.0821. The van der Waals surface area contributed by atoms with Crippen LogP contribution in [0.4, 0.5) is 0 Å². The molecule has 1 N–H and O–H groups in total. The van der Waals surface area contributed by atoms with Crippen LogP contribution in [0.2, 0.25) is 0 Å². The molecule has 25 heavy (non-hydrogen) atoms. The second-order valence-corrected chi connectivity index (χ2v) is 6.79. The lowest BCUT2D eigenvalue weighted by atomic mass is 9.93. The third kappa shape index (κ3) is 5.42. The van der Waals surface area contributed by atoms with Gasteiger partial charge >= 0.3 is 0 Å². The Morgan fingerprint density at radius 3 is 2.92 bits per heavy atom. The molecule has 3 rings (SSSR count). The zero-order valence-electron chi connectivity index (χ0n) is 15.0. The fourth-order valence-corrected chi connectivity index (χ4v) is 3.31. The Labute approximate surface area is 147 Å². The van der Waals surface area contributed by atoms with E-state index in [4.69, 9.17) is 8.83 Å². The fraction of sp³-hybridized carbons (Fsp3) is 0.611. The smallest absolute Gasteiger partial charge is 0.230 e. The van der Waals surface area contributed by atoms with Gasteiger partial charge in [0.15, 0.2) is 0 Å². The number of hydrogen-bond donors (Lipinski definition) is 1. The summed E-state index contributed by atoms with van der Waals surface area (Å²) in [6.07, 6.45) is 3.77. The quantitative estimate of drug-likeness (QED) is 0.829.